The Bertz CT molecular complexity index is 633. The summed E-state index contributed by atoms with van der Waals surface area (Å²) < 4.78 is 5.17. The molecular weight excluding hydrogens is 244 g/mol. The quantitative estimate of drug-likeness (QED) is 0.896. The second-order valence-electron chi connectivity index (χ2n) is 4.72. The molecule has 1 N–H and O–H groups in total. The number of anilines is 1. The van der Waals surface area contributed by atoms with Crippen LogP contribution in [0.4, 0.5) is 5.69 Å². The molecule has 1 aliphatic heterocycles. The van der Waals surface area contributed by atoms with E-state index in [1.807, 2.05) is 19.2 Å². The summed E-state index contributed by atoms with van der Waals surface area (Å²) in [4.78, 5) is 13.0. The summed E-state index contributed by atoms with van der Waals surface area (Å²) in [6, 6.07) is 7.48. The number of rotatable bonds is 2. The number of carboxylic acid groups (broad SMARTS) is 1. The van der Waals surface area contributed by atoms with Gasteiger partial charge in [-0.05, 0) is 24.5 Å². The molecule has 0 fully saturated rings. The van der Waals surface area contributed by atoms with Crippen molar-refractivity contribution in [3.05, 3.63) is 35.5 Å². The van der Waals surface area contributed by atoms with E-state index in [4.69, 9.17) is 9.63 Å². The molecule has 5 nitrogen and oxygen atoms in total. The lowest BCUT2D eigenvalue weighted by atomic mass is 9.97. The Balaban J connectivity index is 2.12. The van der Waals surface area contributed by atoms with Gasteiger partial charge in [0.2, 0.25) is 0 Å². The Labute approximate surface area is 110 Å². The number of nitrogens with zero attached hydrogens (tertiary/aromatic N) is 2. The zero-order valence-corrected chi connectivity index (χ0v) is 10.6. The van der Waals surface area contributed by atoms with Crippen molar-refractivity contribution < 1.29 is 14.4 Å². The molecule has 0 unspecified atom stereocenters. The zero-order valence-electron chi connectivity index (χ0n) is 10.6. The molecule has 98 valence electrons. The van der Waals surface area contributed by atoms with Crippen molar-refractivity contribution in [2.75, 3.05) is 18.5 Å². The summed E-state index contributed by atoms with van der Waals surface area (Å²) in [7, 11) is 2.04. The topological polar surface area (TPSA) is 66.6 Å². The number of carbonyl (C=O) groups is 1. The van der Waals surface area contributed by atoms with Gasteiger partial charge in [0.05, 0.1) is 5.69 Å². The summed E-state index contributed by atoms with van der Waals surface area (Å²) in [5.74, 6) is -0.573. The number of benzene rings is 1. The molecule has 0 atom stereocenters. The highest BCUT2D eigenvalue weighted by Crippen LogP contribution is 2.36. The molecule has 1 aromatic heterocycles. The van der Waals surface area contributed by atoms with Crippen molar-refractivity contribution in [3.63, 3.8) is 0 Å². The Morgan fingerprint density at radius 1 is 1.47 bits per heavy atom. The molecule has 0 bridgehead atoms. The van der Waals surface area contributed by atoms with Crippen molar-refractivity contribution in [3.8, 4) is 11.3 Å². The van der Waals surface area contributed by atoms with Crippen LogP contribution in [0, 0.1) is 0 Å². The van der Waals surface area contributed by atoms with Gasteiger partial charge < -0.3 is 14.5 Å². The van der Waals surface area contributed by atoms with Gasteiger partial charge in [0, 0.05) is 25.2 Å². The first kappa shape index (κ1) is 11.8. The van der Waals surface area contributed by atoms with E-state index in [2.05, 4.69) is 16.1 Å². The van der Waals surface area contributed by atoms with Crippen molar-refractivity contribution >= 4 is 11.7 Å². The van der Waals surface area contributed by atoms with E-state index in [0.717, 1.165) is 30.6 Å². The molecule has 19 heavy (non-hydrogen) atoms. The number of fused-ring (bicyclic) bond motifs is 1. The molecule has 2 heterocycles. The van der Waals surface area contributed by atoms with E-state index in [1.54, 1.807) is 0 Å². The molecule has 0 saturated carbocycles. The number of hydrogen-bond acceptors (Lipinski definition) is 4. The molecule has 5 heteroatoms. The number of carboxylic acids is 1. The van der Waals surface area contributed by atoms with Gasteiger partial charge in [0.1, 0.15) is 0 Å². The molecule has 0 aliphatic carbocycles. The fourth-order valence-corrected chi connectivity index (χ4v) is 2.56. The highest BCUT2D eigenvalue weighted by molar-refractivity contribution is 5.88. The lowest BCUT2D eigenvalue weighted by Crippen LogP contribution is -2.25. The van der Waals surface area contributed by atoms with Crippen LogP contribution < -0.4 is 4.90 Å². The van der Waals surface area contributed by atoms with E-state index in [0.29, 0.717) is 5.76 Å². The summed E-state index contributed by atoms with van der Waals surface area (Å²) in [5.41, 5.74) is 3.21. The van der Waals surface area contributed by atoms with E-state index in [-0.39, 0.29) is 5.69 Å². The standard InChI is InChI=1S/C14H14N2O3/c1-16-7-3-5-9-4-2-6-10(13(9)16)12-8-11(14(17)18)15-19-12/h2,4,6,8H,3,5,7H2,1H3,(H,17,18). The van der Waals surface area contributed by atoms with Crippen molar-refractivity contribution in [2.24, 2.45) is 0 Å². The van der Waals surface area contributed by atoms with E-state index >= 15 is 0 Å². The molecule has 1 aliphatic rings. The molecule has 0 amide bonds. The Kier molecular flexibility index (Phi) is 2.74. The minimum Gasteiger partial charge on any atom is -0.476 e. The molecule has 2 aromatic rings. The summed E-state index contributed by atoms with van der Waals surface area (Å²) in [5, 5.41) is 12.5. The maximum absolute atomic E-state index is 10.9. The predicted octanol–water partition coefficient (Wildman–Crippen LogP) is 2.42. The summed E-state index contributed by atoms with van der Waals surface area (Å²) in [6.45, 7) is 0.990. The molecule has 1 aromatic carbocycles. The smallest absolute Gasteiger partial charge is 0.358 e. The van der Waals surface area contributed by atoms with Gasteiger partial charge in [-0.1, -0.05) is 17.3 Å². The lowest BCUT2D eigenvalue weighted by molar-refractivity contribution is 0.0686. The summed E-state index contributed by atoms with van der Waals surface area (Å²) >= 11 is 0. The van der Waals surface area contributed by atoms with Gasteiger partial charge in [-0.2, -0.15) is 0 Å². The van der Waals surface area contributed by atoms with Gasteiger partial charge >= 0.3 is 5.97 Å². The number of aromatic carboxylic acids is 1. The minimum absolute atomic E-state index is 0.0638. The summed E-state index contributed by atoms with van der Waals surface area (Å²) in [6.07, 6.45) is 2.16. The van der Waals surface area contributed by atoms with Crippen LogP contribution in [0.5, 0.6) is 0 Å². The van der Waals surface area contributed by atoms with Crippen LogP contribution in [-0.4, -0.2) is 29.8 Å². The number of aryl methyl sites for hydroxylation is 1. The zero-order chi connectivity index (χ0) is 13.4. The van der Waals surface area contributed by atoms with Crippen LogP contribution in [0.15, 0.2) is 28.8 Å². The highest BCUT2D eigenvalue weighted by atomic mass is 16.5. The van der Waals surface area contributed by atoms with Gasteiger partial charge in [-0.15, -0.1) is 0 Å². The fraction of sp³-hybridized carbons (Fsp3) is 0.286. The van der Waals surface area contributed by atoms with Crippen LogP contribution in [0.3, 0.4) is 0 Å². The SMILES string of the molecule is CN1CCCc2cccc(-c3cc(C(=O)O)no3)c21. The van der Waals surface area contributed by atoms with Crippen LogP contribution in [0.1, 0.15) is 22.5 Å². The van der Waals surface area contributed by atoms with Crippen molar-refractivity contribution in [1.29, 1.82) is 0 Å². The number of para-hydroxylation sites is 1. The van der Waals surface area contributed by atoms with E-state index < -0.39 is 5.97 Å². The van der Waals surface area contributed by atoms with Gasteiger partial charge in [0.15, 0.2) is 11.5 Å². The molecular formula is C14H14N2O3. The van der Waals surface area contributed by atoms with Gasteiger partial charge in [-0.25, -0.2) is 4.79 Å². The highest BCUT2D eigenvalue weighted by Gasteiger charge is 2.21. The maximum Gasteiger partial charge on any atom is 0.358 e. The predicted molar refractivity (Wildman–Crippen MR) is 70.5 cm³/mol. The third-order valence-corrected chi connectivity index (χ3v) is 3.44. The normalized spacial score (nSPS) is 14.3. The van der Waals surface area contributed by atoms with Gasteiger partial charge in [-0.3, -0.25) is 0 Å². The maximum atomic E-state index is 10.9. The van der Waals surface area contributed by atoms with Crippen LogP contribution in [0.25, 0.3) is 11.3 Å². The first-order valence-corrected chi connectivity index (χ1v) is 6.20. The van der Waals surface area contributed by atoms with Crippen LogP contribution in [-0.2, 0) is 6.42 Å². The monoisotopic (exact) mass is 258 g/mol. The fourth-order valence-electron chi connectivity index (χ4n) is 2.56. The van der Waals surface area contributed by atoms with Crippen molar-refractivity contribution in [1.82, 2.24) is 5.16 Å². The average Bonchev–Trinajstić information content (AvgIpc) is 2.88. The van der Waals surface area contributed by atoms with Crippen LogP contribution >= 0.6 is 0 Å². The first-order valence-electron chi connectivity index (χ1n) is 6.20. The van der Waals surface area contributed by atoms with Crippen molar-refractivity contribution in [2.45, 2.75) is 12.8 Å². The van der Waals surface area contributed by atoms with Crippen LogP contribution in [0.2, 0.25) is 0 Å². The third-order valence-electron chi connectivity index (χ3n) is 3.44. The minimum atomic E-state index is -1.08. The Morgan fingerprint density at radius 2 is 2.32 bits per heavy atom. The Hall–Kier alpha value is -2.30. The molecule has 0 radical (unpaired) electrons. The number of aromatic nitrogens is 1. The van der Waals surface area contributed by atoms with E-state index in [9.17, 15) is 4.79 Å². The molecule has 3 rings (SSSR count). The average molecular weight is 258 g/mol. The molecule has 0 saturated heterocycles. The number of hydrogen-bond donors (Lipinski definition) is 1. The first-order chi connectivity index (χ1) is 9.16. The van der Waals surface area contributed by atoms with Gasteiger partial charge in [0.25, 0.3) is 0 Å². The molecule has 0 spiro atoms. The lowest BCUT2D eigenvalue weighted by Gasteiger charge is -2.29. The second-order valence-corrected chi connectivity index (χ2v) is 4.72. The second kappa shape index (κ2) is 4.42. The van der Waals surface area contributed by atoms with E-state index in [1.165, 1.54) is 11.6 Å². The largest absolute Gasteiger partial charge is 0.476 e. The third kappa shape index (κ3) is 1.97. The Morgan fingerprint density at radius 3 is 3.05 bits per heavy atom.